The number of rotatable bonds is 1. The molecule has 0 fully saturated rings. The molecule has 6 heteroatoms. The third kappa shape index (κ3) is 2.46. The molecule has 0 atom stereocenters. The molecule has 3 nitrogen and oxygen atoms in total. The fraction of sp³-hybridized carbons (Fsp3) is 1.00. The second-order valence-electron chi connectivity index (χ2n) is 0.753. The van der Waals surface area contributed by atoms with Crippen LogP contribution in [-0.4, -0.2) is 14.2 Å². The van der Waals surface area contributed by atoms with Crippen LogP contribution in [0.4, 0.5) is 8.78 Å². The van der Waals surface area contributed by atoms with E-state index in [-0.39, 0.29) is 0 Å². The fourth-order valence-electron chi connectivity index (χ4n) is 0. The number of halogens is 2. The zero-order valence-electron chi connectivity index (χ0n) is 2.97. The second-order valence-corrected chi connectivity index (χ2v) is 2.10. The average Bonchev–Trinajstić information content (AvgIpc) is 1.31. The fourth-order valence-corrected chi connectivity index (χ4v) is 0. The van der Waals surface area contributed by atoms with Gasteiger partial charge in [-0.3, -0.25) is 0 Å². The van der Waals surface area contributed by atoms with E-state index in [9.17, 15) is 8.78 Å². The van der Waals surface area contributed by atoms with Gasteiger partial charge in [0.2, 0.25) is 0 Å². The first-order valence-corrected chi connectivity index (χ1v) is 2.64. The van der Waals surface area contributed by atoms with Crippen molar-refractivity contribution in [1.82, 2.24) is 0 Å². The van der Waals surface area contributed by atoms with E-state index in [0.29, 0.717) is 0 Å². The summed E-state index contributed by atoms with van der Waals surface area (Å²) in [7, 11) is -5.32. The summed E-state index contributed by atoms with van der Waals surface area (Å²) in [6, 6.07) is 0. The Morgan fingerprint density at radius 3 is 1.43 bits per heavy atom. The SMILES string of the molecule is [O]S(=O)(=O)C(F)F. The summed E-state index contributed by atoms with van der Waals surface area (Å²) in [5.41, 5.74) is 0. The van der Waals surface area contributed by atoms with Gasteiger partial charge in [0.25, 0.3) is 0 Å². The minimum absolute atomic E-state index is 3.78. The van der Waals surface area contributed by atoms with Crippen molar-refractivity contribution in [3.8, 4) is 0 Å². The molecule has 0 aliphatic rings. The summed E-state index contributed by atoms with van der Waals surface area (Å²) in [5.74, 6) is -3.78. The number of alkyl halides is 2. The normalized spacial score (nSPS) is 12.6. The first-order valence-electron chi connectivity index (χ1n) is 1.17. The lowest BCUT2D eigenvalue weighted by atomic mass is 11.7. The summed E-state index contributed by atoms with van der Waals surface area (Å²) < 4.78 is 48.4. The first-order chi connectivity index (χ1) is 2.94. The molecule has 7 heavy (non-hydrogen) atoms. The lowest BCUT2D eigenvalue weighted by molar-refractivity contribution is 0.208. The predicted molar refractivity (Wildman–Crippen MR) is 15.6 cm³/mol. The third-order valence-electron chi connectivity index (χ3n) is 0.218. The Morgan fingerprint density at radius 2 is 1.43 bits per heavy atom. The van der Waals surface area contributed by atoms with Crippen LogP contribution in [0.15, 0.2) is 0 Å². The second kappa shape index (κ2) is 1.71. The molecule has 1 radical (unpaired) electrons. The monoisotopic (exact) mass is 131 g/mol. The van der Waals surface area contributed by atoms with Crippen LogP contribution in [0.1, 0.15) is 0 Å². The molecular weight excluding hydrogens is 130 g/mol. The van der Waals surface area contributed by atoms with Gasteiger partial charge in [-0.2, -0.15) is 17.2 Å². The summed E-state index contributed by atoms with van der Waals surface area (Å²) in [6.07, 6.45) is 0. The third-order valence-corrected chi connectivity index (χ3v) is 0.655. The predicted octanol–water partition coefficient (Wildman–Crippen LogP) is -0.0307. The van der Waals surface area contributed by atoms with Gasteiger partial charge in [0.05, 0.1) is 0 Å². The van der Waals surface area contributed by atoms with Gasteiger partial charge in [-0.1, -0.05) is 4.55 Å². The van der Waals surface area contributed by atoms with Gasteiger partial charge < -0.3 is 0 Å². The lowest BCUT2D eigenvalue weighted by Gasteiger charge is -1.84. The van der Waals surface area contributed by atoms with Crippen molar-refractivity contribution in [2.75, 3.05) is 0 Å². The highest BCUT2D eigenvalue weighted by molar-refractivity contribution is 7.85. The molecule has 0 spiro atoms. The Hall–Kier alpha value is -0.230. The molecule has 0 aromatic carbocycles. The molecule has 43 valence electrons. The van der Waals surface area contributed by atoms with E-state index in [4.69, 9.17) is 13.0 Å². The van der Waals surface area contributed by atoms with E-state index >= 15 is 0 Å². The maximum atomic E-state index is 10.6. The molecule has 0 saturated carbocycles. The number of hydrogen-bond acceptors (Lipinski definition) is 2. The van der Waals surface area contributed by atoms with Crippen molar-refractivity contribution in [1.29, 1.82) is 0 Å². The molecular formula is CHF2O3S. The van der Waals surface area contributed by atoms with Crippen LogP contribution in [0, 0.1) is 0 Å². The molecule has 0 aromatic heterocycles. The van der Waals surface area contributed by atoms with Crippen molar-refractivity contribution < 1.29 is 21.8 Å². The average molecular weight is 131 g/mol. The molecule has 0 heterocycles. The molecule has 0 saturated heterocycles. The van der Waals surface area contributed by atoms with E-state index < -0.39 is 15.9 Å². The molecule has 0 bridgehead atoms. The van der Waals surface area contributed by atoms with E-state index in [1.807, 2.05) is 0 Å². The van der Waals surface area contributed by atoms with Crippen molar-refractivity contribution >= 4 is 10.1 Å². The van der Waals surface area contributed by atoms with Crippen LogP contribution in [0.25, 0.3) is 0 Å². The smallest absolute Gasteiger partial charge is 0.191 e. The molecule has 0 rings (SSSR count). The minimum Gasteiger partial charge on any atom is -0.191 e. The van der Waals surface area contributed by atoms with Crippen LogP contribution in [-0.2, 0) is 14.7 Å². The van der Waals surface area contributed by atoms with E-state index in [1.165, 1.54) is 0 Å². The largest absolute Gasteiger partial charge is 0.363 e. The van der Waals surface area contributed by atoms with Crippen LogP contribution in [0.5, 0.6) is 0 Å². The standard InChI is InChI=1S/CHF2O3S/c2-1(3)7(4,5)6/h1H. The highest BCUT2D eigenvalue weighted by atomic mass is 32.2. The van der Waals surface area contributed by atoms with Gasteiger partial charge in [-0.15, -0.1) is 0 Å². The maximum Gasteiger partial charge on any atom is 0.363 e. The van der Waals surface area contributed by atoms with Gasteiger partial charge in [-0.25, -0.2) is 0 Å². The Labute approximate surface area is 38.7 Å². The molecule has 0 amide bonds. The van der Waals surface area contributed by atoms with Crippen LogP contribution in [0.2, 0.25) is 0 Å². The highest BCUT2D eigenvalue weighted by Crippen LogP contribution is 1.99. The summed E-state index contributed by atoms with van der Waals surface area (Å²) >= 11 is 0. The number of hydrogen-bond donors (Lipinski definition) is 0. The highest BCUT2D eigenvalue weighted by Gasteiger charge is 2.21. The van der Waals surface area contributed by atoms with Gasteiger partial charge in [0, 0.05) is 0 Å². The van der Waals surface area contributed by atoms with Crippen molar-refractivity contribution in [3.63, 3.8) is 0 Å². The van der Waals surface area contributed by atoms with Gasteiger partial charge in [-0.05, 0) is 0 Å². The molecule has 0 unspecified atom stereocenters. The van der Waals surface area contributed by atoms with Crippen molar-refractivity contribution in [2.24, 2.45) is 0 Å². The molecule has 0 aliphatic carbocycles. The van der Waals surface area contributed by atoms with Gasteiger partial charge in [0.15, 0.2) is 0 Å². The topological polar surface area (TPSA) is 54.0 Å². The Bertz CT molecular complexity index is 135. The Kier molecular flexibility index (Phi) is 1.65. The van der Waals surface area contributed by atoms with Gasteiger partial charge >= 0.3 is 15.9 Å². The Morgan fingerprint density at radius 1 is 1.29 bits per heavy atom. The van der Waals surface area contributed by atoms with Crippen molar-refractivity contribution in [2.45, 2.75) is 5.76 Å². The maximum absolute atomic E-state index is 10.6. The van der Waals surface area contributed by atoms with Gasteiger partial charge in [0.1, 0.15) is 0 Å². The van der Waals surface area contributed by atoms with Crippen LogP contribution < -0.4 is 0 Å². The quantitative estimate of drug-likeness (QED) is 0.501. The zero-order chi connectivity index (χ0) is 6.08. The lowest BCUT2D eigenvalue weighted by Crippen LogP contribution is -2.06. The minimum atomic E-state index is -5.32. The first kappa shape index (κ1) is 6.77. The van der Waals surface area contributed by atoms with Crippen LogP contribution in [0.3, 0.4) is 0 Å². The summed E-state index contributed by atoms with van der Waals surface area (Å²) in [4.78, 5) is 0. The van der Waals surface area contributed by atoms with Crippen molar-refractivity contribution in [3.05, 3.63) is 0 Å². The van der Waals surface area contributed by atoms with Crippen LogP contribution >= 0.6 is 0 Å². The molecule has 0 N–H and O–H groups in total. The molecule has 0 aliphatic heterocycles. The summed E-state index contributed by atoms with van der Waals surface area (Å²) in [5, 5.41) is 0. The summed E-state index contributed by atoms with van der Waals surface area (Å²) in [6.45, 7) is 0. The Balaban J connectivity index is 4.10. The van der Waals surface area contributed by atoms with E-state index in [1.54, 1.807) is 0 Å². The molecule has 0 aromatic rings. The zero-order valence-corrected chi connectivity index (χ0v) is 3.78. The van der Waals surface area contributed by atoms with E-state index in [0.717, 1.165) is 0 Å². The van der Waals surface area contributed by atoms with E-state index in [2.05, 4.69) is 0 Å².